The quantitative estimate of drug-likeness (QED) is 0.696. The minimum Gasteiger partial charge on any atom is -0.495 e. The summed E-state index contributed by atoms with van der Waals surface area (Å²) in [7, 11) is 1.63. The van der Waals surface area contributed by atoms with Gasteiger partial charge < -0.3 is 25.6 Å². The van der Waals surface area contributed by atoms with Crippen LogP contribution in [0.15, 0.2) is 18.2 Å². The van der Waals surface area contributed by atoms with E-state index in [1.165, 1.54) is 5.56 Å². The number of aliphatic hydroxyl groups excluding tert-OH is 2. The first-order chi connectivity index (χ1) is 9.63. The van der Waals surface area contributed by atoms with Crippen LogP contribution in [0, 0.1) is 0 Å². The van der Waals surface area contributed by atoms with Crippen molar-refractivity contribution in [1.29, 1.82) is 0 Å². The minimum atomic E-state index is -0.636. The molecule has 20 heavy (non-hydrogen) atoms. The van der Waals surface area contributed by atoms with Crippen molar-refractivity contribution in [2.24, 2.45) is 0 Å². The van der Waals surface area contributed by atoms with Gasteiger partial charge in [0, 0.05) is 6.54 Å². The molecular formula is C15H24N2O3. The molecule has 0 radical (unpaired) electrons. The van der Waals surface area contributed by atoms with Crippen molar-refractivity contribution in [1.82, 2.24) is 4.90 Å². The monoisotopic (exact) mass is 280 g/mol. The zero-order valence-electron chi connectivity index (χ0n) is 12.0. The highest BCUT2D eigenvalue weighted by atomic mass is 16.5. The van der Waals surface area contributed by atoms with Crippen LogP contribution in [0.5, 0.6) is 5.75 Å². The van der Waals surface area contributed by atoms with E-state index in [1.54, 1.807) is 7.11 Å². The second kappa shape index (κ2) is 6.92. The molecule has 1 saturated heterocycles. The summed E-state index contributed by atoms with van der Waals surface area (Å²) in [5.74, 6) is 1.24. The van der Waals surface area contributed by atoms with Gasteiger partial charge in [0.1, 0.15) is 5.75 Å². The second-order valence-electron chi connectivity index (χ2n) is 5.41. The van der Waals surface area contributed by atoms with E-state index in [2.05, 4.69) is 11.0 Å². The molecule has 1 heterocycles. The summed E-state index contributed by atoms with van der Waals surface area (Å²) in [4.78, 5) is 2.20. The van der Waals surface area contributed by atoms with Gasteiger partial charge in [-0.05, 0) is 49.5 Å². The molecule has 0 saturated carbocycles. The summed E-state index contributed by atoms with van der Waals surface area (Å²) in [6.45, 7) is 2.26. The Balaban J connectivity index is 1.93. The largest absolute Gasteiger partial charge is 0.495 e. The molecule has 0 amide bonds. The highest BCUT2D eigenvalue weighted by Crippen LogP contribution is 2.32. The maximum Gasteiger partial charge on any atom is 0.142 e. The van der Waals surface area contributed by atoms with Gasteiger partial charge in [0.05, 0.1) is 25.5 Å². The van der Waals surface area contributed by atoms with Gasteiger partial charge in [0.25, 0.3) is 0 Å². The Morgan fingerprint density at radius 3 is 2.70 bits per heavy atom. The lowest BCUT2D eigenvalue weighted by Gasteiger charge is -2.33. The van der Waals surface area contributed by atoms with Crippen LogP contribution in [0.3, 0.4) is 0 Å². The molecule has 0 spiro atoms. The van der Waals surface area contributed by atoms with Gasteiger partial charge in [-0.15, -0.1) is 0 Å². The summed E-state index contributed by atoms with van der Waals surface area (Å²) in [6.07, 6.45) is 1.46. The topological polar surface area (TPSA) is 79.0 Å². The van der Waals surface area contributed by atoms with Crippen LogP contribution in [0.1, 0.15) is 24.3 Å². The standard InChI is InChI=1S/C15H24N2O3/c1-20-15-8-12(2-3-14(15)16)11-4-6-17(7-5-11)9-13(19)10-18/h2-3,8,11,13,18-19H,4-7,9-10,16H2,1H3/t13-/m0/s1. The fourth-order valence-electron chi connectivity index (χ4n) is 2.79. The molecule has 1 fully saturated rings. The number of ether oxygens (including phenoxy) is 1. The van der Waals surface area contributed by atoms with Gasteiger partial charge in [-0.25, -0.2) is 0 Å². The van der Waals surface area contributed by atoms with Gasteiger partial charge in [0.2, 0.25) is 0 Å². The van der Waals surface area contributed by atoms with Crippen molar-refractivity contribution in [2.75, 3.05) is 39.1 Å². The van der Waals surface area contributed by atoms with Crippen molar-refractivity contribution >= 4 is 5.69 Å². The summed E-state index contributed by atoms with van der Waals surface area (Å²) in [5, 5.41) is 18.3. The third kappa shape index (κ3) is 3.62. The minimum absolute atomic E-state index is 0.172. The molecule has 4 N–H and O–H groups in total. The number of nitrogen functional groups attached to an aromatic ring is 1. The maximum atomic E-state index is 9.47. The highest BCUT2D eigenvalue weighted by Gasteiger charge is 2.22. The number of anilines is 1. The zero-order valence-corrected chi connectivity index (χ0v) is 12.0. The van der Waals surface area contributed by atoms with E-state index in [0.29, 0.717) is 18.2 Å². The number of nitrogens with zero attached hydrogens (tertiary/aromatic N) is 1. The van der Waals surface area contributed by atoms with Crippen LogP contribution < -0.4 is 10.5 Å². The third-order valence-corrected chi connectivity index (χ3v) is 4.00. The maximum absolute atomic E-state index is 9.47. The van der Waals surface area contributed by atoms with E-state index in [4.69, 9.17) is 15.6 Å². The molecule has 1 aliphatic heterocycles. The highest BCUT2D eigenvalue weighted by molar-refractivity contribution is 5.54. The number of hydrogen-bond donors (Lipinski definition) is 3. The number of methoxy groups -OCH3 is 1. The number of likely N-dealkylation sites (tertiary alicyclic amines) is 1. The third-order valence-electron chi connectivity index (χ3n) is 4.00. The van der Waals surface area contributed by atoms with Crippen molar-refractivity contribution in [2.45, 2.75) is 24.9 Å². The Morgan fingerprint density at radius 2 is 2.10 bits per heavy atom. The molecule has 112 valence electrons. The first-order valence-corrected chi connectivity index (χ1v) is 7.08. The SMILES string of the molecule is COc1cc(C2CCN(C[C@H](O)CO)CC2)ccc1N. The summed E-state index contributed by atoms with van der Waals surface area (Å²) < 4.78 is 5.27. The first-order valence-electron chi connectivity index (χ1n) is 7.08. The fraction of sp³-hybridized carbons (Fsp3) is 0.600. The number of β-amino-alcohol motifs (C(OH)–C–C–N with tert-alkyl or cyclic N) is 1. The Bertz CT molecular complexity index is 431. The first kappa shape index (κ1) is 15.1. The van der Waals surface area contributed by atoms with Crippen molar-refractivity contribution in [3.8, 4) is 5.75 Å². The Morgan fingerprint density at radius 1 is 1.40 bits per heavy atom. The Kier molecular flexibility index (Phi) is 5.23. The lowest BCUT2D eigenvalue weighted by molar-refractivity contribution is 0.0513. The molecule has 5 heteroatoms. The molecule has 0 bridgehead atoms. The van der Waals surface area contributed by atoms with Gasteiger partial charge in [0.15, 0.2) is 0 Å². The number of piperidine rings is 1. The summed E-state index contributed by atoms with van der Waals surface area (Å²) >= 11 is 0. The fourth-order valence-corrected chi connectivity index (χ4v) is 2.79. The van der Waals surface area contributed by atoms with Crippen LogP contribution >= 0.6 is 0 Å². The number of aliphatic hydroxyl groups is 2. The van der Waals surface area contributed by atoms with Crippen LogP contribution in [0.4, 0.5) is 5.69 Å². The molecule has 0 aliphatic carbocycles. The van der Waals surface area contributed by atoms with Crippen LogP contribution in [-0.4, -0.2) is 54.6 Å². The number of hydrogen-bond acceptors (Lipinski definition) is 5. The van der Waals surface area contributed by atoms with E-state index in [9.17, 15) is 5.11 Å². The van der Waals surface area contributed by atoms with Crippen LogP contribution in [0.2, 0.25) is 0 Å². The predicted molar refractivity (Wildman–Crippen MR) is 78.9 cm³/mol. The number of benzene rings is 1. The smallest absolute Gasteiger partial charge is 0.142 e. The van der Waals surface area contributed by atoms with Crippen LogP contribution in [-0.2, 0) is 0 Å². The van der Waals surface area contributed by atoms with Crippen molar-refractivity contribution in [3.63, 3.8) is 0 Å². The molecule has 0 aromatic heterocycles. The van der Waals surface area contributed by atoms with Crippen LogP contribution in [0.25, 0.3) is 0 Å². The van der Waals surface area contributed by atoms with E-state index in [1.807, 2.05) is 12.1 Å². The molecule has 2 rings (SSSR count). The molecule has 1 aromatic rings. The Hall–Kier alpha value is -1.30. The van der Waals surface area contributed by atoms with Gasteiger partial charge in [-0.3, -0.25) is 0 Å². The molecule has 0 unspecified atom stereocenters. The second-order valence-corrected chi connectivity index (χ2v) is 5.41. The normalized spacial score (nSPS) is 18.9. The molecular weight excluding hydrogens is 256 g/mol. The average Bonchev–Trinajstić information content (AvgIpc) is 2.48. The zero-order chi connectivity index (χ0) is 14.5. The molecule has 5 nitrogen and oxygen atoms in total. The lowest BCUT2D eigenvalue weighted by Crippen LogP contribution is -2.39. The number of rotatable bonds is 5. The van der Waals surface area contributed by atoms with E-state index in [0.717, 1.165) is 31.7 Å². The summed E-state index contributed by atoms with van der Waals surface area (Å²) in [6, 6.07) is 6.00. The van der Waals surface area contributed by atoms with E-state index < -0.39 is 6.10 Å². The predicted octanol–water partition coefficient (Wildman–Crippen LogP) is 0.810. The average molecular weight is 280 g/mol. The van der Waals surface area contributed by atoms with Crippen molar-refractivity contribution in [3.05, 3.63) is 23.8 Å². The van der Waals surface area contributed by atoms with E-state index in [-0.39, 0.29) is 6.61 Å². The van der Waals surface area contributed by atoms with Gasteiger partial charge in [-0.1, -0.05) is 6.07 Å². The Labute approximate surface area is 120 Å². The molecule has 1 aliphatic rings. The van der Waals surface area contributed by atoms with E-state index >= 15 is 0 Å². The molecule has 1 atom stereocenters. The summed E-state index contributed by atoms with van der Waals surface area (Å²) in [5.41, 5.74) is 7.77. The molecule has 1 aromatic carbocycles. The van der Waals surface area contributed by atoms with Crippen molar-refractivity contribution < 1.29 is 14.9 Å². The van der Waals surface area contributed by atoms with Gasteiger partial charge >= 0.3 is 0 Å². The van der Waals surface area contributed by atoms with Gasteiger partial charge in [-0.2, -0.15) is 0 Å². The lowest BCUT2D eigenvalue weighted by atomic mass is 9.89. The number of nitrogens with two attached hydrogens (primary N) is 1.